The Morgan fingerprint density at radius 2 is 1.78 bits per heavy atom. The minimum Gasteiger partial charge on any atom is -0.465 e. The third-order valence-electron chi connectivity index (χ3n) is 12.0. The van der Waals surface area contributed by atoms with Gasteiger partial charge in [-0.15, -0.1) is 0 Å². The molecule has 0 radical (unpaired) electrons. The molecule has 5 heteroatoms. The van der Waals surface area contributed by atoms with Gasteiger partial charge in [0, 0.05) is 10.2 Å². The van der Waals surface area contributed by atoms with E-state index in [2.05, 4.69) is 42.8 Å². The predicted octanol–water partition coefficient (Wildman–Crippen LogP) is 8.20. The predicted molar refractivity (Wildman–Crippen MR) is 152 cm³/mol. The maximum absolute atomic E-state index is 13.1. The van der Waals surface area contributed by atoms with Crippen LogP contribution in [0.1, 0.15) is 124 Å². The highest BCUT2D eigenvalue weighted by molar-refractivity contribution is 9.10. The lowest BCUT2D eigenvalue weighted by Gasteiger charge is -2.67. The summed E-state index contributed by atoms with van der Waals surface area (Å²) < 4.78 is 5.02. The summed E-state index contributed by atoms with van der Waals surface area (Å²) in [7, 11) is 0. The minimum absolute atomic E-state index is 0.0277. The van der Waals surface area contributed by atoms with Crippen LogP contribution in [0.5, 0.6) is 0 Å². The van der Waals surface area contributed by atoms with E-state index in [9.17, 15) is 15.2 Å². The molecule has 210 valence electrons. The van der Waals surface area contributed by atoms with Gasteiger partial charge >= 0.3 is 5.97 Å². The summed E-state index contributed by atoms with van der Waals surface area (Å²) in [5, 5.41) is 21.0. The summed E-state index contributed by atoms with van der Waals surface area (Å²) in [4.78, 5) is 13.1. The first-order valence-corrected chi connectivity index (χ1v) is 16.4. The van der Waals surface area contributed by atoms with E-state index < -0.39 is 10.2 Å². The van der Waals surface area contributed by atoms with Crippen molar-refractivity contribution in [2.24, 2.45) is 46.3 Å². The first-order valence-electron chi connectivity index (χ1n) is 15.6. The number of carbonyl (C=O) groups excluding carboxylic acids is 1. The lowest BCUT2D eigenvalue weighted by molar-refractivity contribution is -0.161. The highest BCUT2D eigenvalue weighted by Crippen LogP contribution is 2.72. The number of nitriles is 1. The Morgan fingerprint density at radius 3 is 2.49 bits per heavy atom. The van der Waals surface area contributed by atoms with Gasteiger partial charge in [0.15, 0.2) is 0 Å². The molecular weight excluding hydrogens is 526 g/mol. The van der Waals surface area contributed by atoms with E-state index in [1.807, 2.05) is 6.92 Å². The zero-order valence-electron chi connectivity index (χ0n) is 23.9. The van der Waals surface area contributed by atoms with Crippen molar-refractivity contribution in [3.05, 3.63) is 0 Å². The summed E-state index contributed by atoms with van der Waals surface area (Å²) in [5.41, 5.74) is 0.359. The topological polar surface area (TPSA) is 70.3 Å². The van der Waals surface area contributed by atoms with Crippen molar-refractivity contribution < 1.29 is 14.6 Å². The molecule has 4 fully saturated rings. The SMILES string of the molecule is CCCCCCCCC1CCC2C3CC(C(C#N)C(=O)OCC)C4(Br)CC(O)CCC4(C)C3CCC12C. The number of nitrogens with zero attached hydrogens (tertiary/aromatic N) is 1. The zero-order valence-corrected chi connectivity index (χ0v) is 25.5. The summed E-state index contributed by atoms with van der Waals surface area (Å²) in [6, 6.07) is 2.38. The number of unbranched alkanes of at least 4 members (excludes halogenated alkanes) is 5. The summed E-state index contributed by atoms with van der Waals surface area (Å²) >= 11 is 4.20. The van der Waals surface area contributed by atoms with Gasteiger partial charge < -0.3 is 9.84 Å². The Morgan fingerprint density at radius 1 is 1.05 bits per heavy atom. The number of rotatable bonds is 10. The van der Waals surface area contributed by atoms with Crippen molar-refractivity contribution in [2.75, 3.05) is 6.61 Å². The van der Waals surface area contributed by atoms with Gasteiger partial charge in [0.1, 0.15) is 5.92 Å². The van der Waals surface area contributed by atoms with Gasteiger partial charge in [0.05, 0.1) is 18.8 Å². The Hall–Kier alpha value is -0.600. The lowest BCUT2D eigenvalue weighted by Crippen LogP contribution is -2.65. The average molecular weight is 579 g/mol. The summed E-state index contributed by atoms with van der Waals surface area (Å²) in [5.74, 6) is 1.35. The van der Waals surface area contributed by atoms with Crippen LogP contribution in [-0.2, 0) is 9.53 Å². The number of alkyl halides is 1. The van der Waals surface area contributed by atoms with Crippen molar-refractivity contribution in [3.63, 3.8) is 0 Å². The van der Waals surface area contributed by atoms with Crippen LogP contribution in [-0.4, -0.2) is 28.1 Å². The number of carbonyl (C=O) groups is 1. The maximum atomic E-state index is 13.1. The second-order valence-corrected chi connectivity index (χ2v) is 15.0. The summed E-state index contributed by atoms with van der Waals surface area (Å²) in [6.07, 6.45) is 17.7. The number of aliphatic hydroxyl groups excluding tert-OH is 1. The highest BCUT2D eigenvalue weighted by Gasteiger charge is 2.68. The van der Waals surface area contributed by atoms with Crippen LogP contribution in [0.2, 0.25) is 0 Å². The Bertz CT molecular complexity index is 842. The van der Waals surface area contributed by atoms with E-state index in [1.165, 1.54) is 70.6 Å². The molecular formula is C32H52BrNO3. The summed E-state index contributed by atoms with van der Waals surface area (Å²) in [6.45, 7) is 9.41. The molecule has 10 unspecified atom stereocenters. The molecule has 4 nitrogen and oxygen atoms in total. The Kier molecular flexibility index (Phi) is 9.43. The molecule has 1 N–H and O–H groups in total. The normalized spacial score (nSPS) is 43.7. The van der Waals surface area contributed by atoms with E-state index >= 15 is 0 Å². The van der Waals surface area contributed by atoms with E-state index in [4.69, 9.17) is 4.74 Å². The van der Waals surface area contributed by atoms with E-state index in [-0.39, 0.29) is 23.4 Å². The molecule has 0 heterocycles. The first kappa shape index (κ1) is 29.4. The largest absolute Gasteiger partial charge is 0.465 e. The number of aliphatic hydroxyl groups is 1. The number of hydrogen-bond donors (Lipinski definition) is 1. The number of hydrogen-bond acceptors (Lipinski definition) is 4. The zero-order chi connectivity index (χ0) is 26.8. The lowest BCUT2D eigenvalue weighted by atomic mass is 9.41. The molecule has 0 aliphatic heterocycles. The molecule has 10 atom stereocenters. The standard InChI is InChI=1S/C32H52BrNO3/c1-5-7-8-9-10-11-12-22-13-14-26-24-19-28(25(21-34)29(36)37-6-2)32(33)20-23(35)15-18-31(32,4)27(24)16-17-30(22,26)3/h22-28,35H,5-20H2,1-4H3. The molecule has 0 aromatic rings. The van der Waals surface area contributed by atoms with Crippen LogP contribution in [0.15, 0.2) is 0 Å². The number of ether oxygens (including phenoxy) is 1. The number of fused-ring (bicyclic) bond motifs is 5. The van der Waals surface area contributed by atoms with Crippen molar-refractivity contribution in [3.8, 4) is 6.07 Å². The second kappa shape index (κ2) is 11.9. The average Bonchev–Trinajstić information content (AvgIpc) is 3.20. The quantitative estimate of drug-likeness (QED) is 0.161. The van der Waals surface area contributed by atoms with Gasteiger partial charge in [-0.25, -0.2) is 0 Å². The molecule has 0 bridgehead atoms. The Balaban J connectivity index is 1.58. The fourth-order valence-electron chi connectivity index (χ4n) is 10.0. The van der Waals surface area contributed by atoms with Crippen LogP contribution < -0.4 is 0 Å². The van der Waals surface area contributed by atoms with Crippen molar-refractivity contribution >= 4 is 21.9 Å². The smallest absolute Gasteiger partial charge is 0.323 e. The van der Waals surface area contributed by atoms with Gasteiger partial charge in [-0.1, -0.05) is 75.2 Å². The molecule has 4 rings (SSSR count). The monoisotopic (exact) mass is 577 g/mol. The van der Waals surface area contributed by atoms with Crippen molar-refractivity contribution in [1.82, 2.24) is 0 Å². The van der Waals surface area contributed by atoms with E-state index in [0.717, 1.165) is 25.2 Å². The third-order valence-corrected chi connectivity index (χ3v) is 13.9. The van der Waals surface area contributed by atoms with Crippen molar-refractivity contribution in [1.29, 1.82) is 5.26 Å². The molecule has 0 amide bonds. The molecule has 4 aliphatic carbocycles. The van der Waals surface area contributed by atoms with E-state index in [1.54, 1.807) is 0 Å². The number of halogens is 1. The third kappa shape index (κ3) is 5.17. The number of esters is 1. The molecule has 0 saturated heterocycles. The van der Waals surface area contributed by atoms with Crippen LogP contribution in [0.3, 0.4) is 0 Å². The fourth-order valence-corrected chi connectivity index (χ4v) is 11.3. The van der Waals surface area contributed by atoms with Gasteiger partial charge in [-0.05, 0) is 99.2 Å². The molecule has 0 aromatic heterocycles. The van der Waals surface area contributed by atoms with Crippen LogP contribution in [0, 0.1) is 57.7 Å². The highest BCUT2D eigenvalue weighted by atomic mass is 79.9. The van der Waals surface area contributed by atoms with Crippen LogP contribution in [0.4, 0.5) is 0 Å². The van der Waals surface area contributed by atoms with Crippen LogP contribution in [0.25, 0.3) is 0 Å². The second-order valence-electron chi connectivity index (χ2n) is 13.6. The van der Waals surface area contributed by atoms with Gasteiger partial charge in [-0.3, -0.25) is 4.79 Å². The van der Waals surface area contributed by atoms with Gasteiger partial charge in [-0.2, -0.15) is 5.26 Å². The van der Waals surface area contributed by atoms with E-state index in [0.29, 0.717) is 36.2 Å². The maximum Gasteiger partial charge on any atom is 0.323 e. The van der Waals surface area contributed by atoms with Gasteiger partial charge in [0.25, 0.3) is 0 Å². The Labute approximate surface area is 234 Å². The van der Waals surface area contributed by atoms with Crippen LogP contribution >= 0.6 is 15.9 Å². The fraction of sp³-hybridized carbons (Fsp3) is 0.938. The van der Waals surface area contributed by atoms with Gasteiger partial charge in [0.2, 0.25) is 0 Å². The molecule has 0 spiro atoms. The van der Waals surface area contributed by atoms with Crippen molar-refractivity contribution in [2.45, 2.75) is 134 Å². The minimum atomic E-state index is -0.779. The molecule has 37 heavy (non-hydrogen) atoms. The molecule has 4 saturated carbocycles. The molecule has 0 aromatic carbocycles. The first-order chi connectivity index (χ1) is 17.7. The molecule has 4 aliphatic rings.